The van der Waals surface area contributed by atoms with Crippen molar-refractivity contribution < 1.29 is 14.2 Å². The van der Waals surface area contributed by atoms with E-state index in [9.17, 15) is 0 Å². The number of ether oxygens (including phenoxy) is 3. The highest BCUT2D eigenvalue weighted by Gasteiger charge is 2.22. The Labute approximate surface area is 127 Å². The van der Waals surface area contributed by atoms with E-state index in [1.54, 1.807) is 14.2 Å². The van der Waals surface area contributed by atoms with Gasteiger partial charge in [0.25, 0.3) is 0 Å². The Kier molecular flexibility index (Phi) is 5.85. The van der Waals surface area contributed by atoms with Gasteiger partial charge < -0.3 is 19.5 Å². The first-order valence-corrected chi connectivity index (χ1v) is 7.41. The maximum absolute atomic E-state index is 5.60. The van der Waals surface area contributed by atoms with Crippen molar-refractivity contribution in [2.45, 2.75) is 19.1 Å². The summed E-state index contributed by atoms with van der Waals surface area (Å²) >= 11 is 0. The first kappa shape index (κ1) is 16.1. The van der Waals surface area contributed by atoms with Crippen LogP contribution in [-0.4, -0.2) is 58.5 Å². The lowest BCUT2D eigenvalue weighted by molar-refractivity contribution is -0.0209. The number of nitrogens with one attached hydrogen (secondary N) is 1. The van der Waals surface area contributed by atoms with Gasteiger partial charge in [0.15, 0.2) is 0 Å². The zero-order chi connectivity index (χ0) is 15.2. The standard InChI is InChI=1S/C16H26N2O3/c1-12-10-18(7-8-21-12)11-15(17-2)14-9-13(19-3)5-6-16(14)20-4/h5-6,9,12,15,17H,7-8,10-11H2,1-4H3. The Hall–Kier alpha value is -1.30. The first-order valence-electron chi connectivity index (χ1n) is 7.41. The third kappa shape index (κ3) is 4.09. The summed E-state index contributed by atoms with van der Waals surface area (Å²) in [6.45, 7) is 5.77. The molecule has 0 aliphatic carbocycles. The van der Waals surface area contributed by atoms with Gasteiger partial charge in [0.2, 0.25) is 0 Å². The second-order valence-electron chi connectivity index (χ2n) is 5.39. The largest absolute Gasteiger partial charge is 0.497 e. The van der Waals surface area contributed by atoms with Crippen molar-refractivity contribution >= 4 is 0 Å². The summed E-state index contributed by atoms with van der Waals surface area (Å²) in [5.74, 6) is 1.73. The summed E-state index contributed by atoms with van der Waals surface area (Å²) < 4.78 is 16.4. The molecule has 0 spiro atoms. The van der Waals surface area contributed by atoms with E-state index >= 15 is 0 Å². The van der Waals surface area contributed by atoms with Gasteiger partial charge >= 0.3 is 0 Å². The molecule has 1 aliphatic heterocycles. The van der Waals surface area contributed by atoms with Crippen molar-refractivity contribution in [3.8, 4) is 11.5 Å². The zero-order valence-electron chi connectivity index (χ0n) is 13.4. The highest BCUT2D eigenvalue weighted by atomic mass is 16.5. The molecule has 1 aromatic rings. The predicted molar refractivity (Wildman–Crippen MR) is 83.2 cm³/mol. The number of nitrogens with zero attached hydrogens (tertiary/aromatic N) is 1. The molecule has 0 bridgehead atoms. The fourth-order valence-corrected chi connectivity index (χ4v) is 2.77. The van der Waals surface area contributed by atoms with Crippen LogP contribution in [0.5, 0.6) is 11.5 Å². The average molecular weight is 294 g/mol. The SMILES string of the molecule is CNC(CN1CCOC(C)C1)c1cc(OC)ccc1OC. The molecule has 5 heteroatoms. The van der Waals surface area contributed by atoms with Crippen LogP contribution >= 0.6 is 0 Å². The molecule has 0 amide bonds. The third-order valence-corrected chi connectivity index (χ3v) is 3.93. The van der Waals surface area contributed by atoms with Crippen LogP contribution in [-0.2, 0) is 4.74 Å². The van der Waals surface area contributed by atoms with Gasteiger partial charge in [-0.05, 0) is 32.2 Å². The molecule has 5 nitrogen and oxygen atoms in total. The highest BCUT2D eigenvalue weighted by molar-refractivity contribution is 5.42. The Morgan fingerprint density at radius 3 is 2.81 bits per heavy atom. The van der Waals surface area contributed by atoms with Crippen molar-refractivity contribution in [2.75, 3.05) is 47.5 Å². The molecule has 1 fully saturated rings. The normalized spacial score (nSPS) is 21.0. The van der Waals surface area contributed by atoms with Gasteiger partial charge in [-0.3, -0.25) is 4.90 Å². The van der Waals surface area contributed by atoms with E-state index < -0.39 is 0 Å². The summed E-state index contributed by atoms with van der Waals surface area (Å²) in [5.41, 5.74) is 1.12. The van der Waals surface area contributed by atoms with Crippen molar-refractivity contribution in [1.29, 1.82) is 0 Å². The Morgan fingerprint density at radius 2 is 2.19 bits per heavy atom. The summed E-state index contributed by atoms with van der Waals surface area (Å²) in [6.07, 6.45) is 0.295. The van der Waals surface area contributed by atoms with E-state index in [4.69, 9.17) is 14.2 Å². The van der Waals surface area contributed by atoms with Crippen LogP contribution in [0, 0.1) is 0 Å². The van der Waals surface area contributed by atoms with Crippen molar-refractivity contribution in [2.24, 2.45) is 0 Å². The number of rotatable bonds is 6. The van der Waals surface area contributed by atoms with Crippen LogP contribution in [0.15, 0.2) is 18.2 Å². The molecule has 2 atom stereocenters. The van der Waals surface area contributed by atoms with Crippen LogP contribution in [0.3, 0.4) is 0 Å². The van der Waals surface area contributed by atoms with Crippen molar-refractivity contribution in [3.63, 3.8) is 0 Å². The van der Waals surface area contributed by atoms with Gasteiger partial charge in [-0.1, -0.05) is 0 Å². The van der Waals surface area contributed by atoms with Crippen LogP contribution < -0.4 is 14.8 Å². The van der Waals surface area contributed by atoms with E-state index in [1.165, 1.54) is 0 Å². The summed E-state index contributed by atoms with van der Waals surface area (Å²) in [7, 11) is 5.37. The molecule has 0 aromatic heterocycles. The second-order valence-corrected chi connectivity index (χ2v) is 5.39. The van der Waals surface area contributed by atoms with E-state index in [2.05, 4.69) is 17.1 Å². The second kappa shape index (κ2) is 7.64. The van der Waals surface area contributed by atoms with Crippen LogP contribution in [0.2, 0.25) is 0 Å². The summed E-state index contributed by atoms with van der Waals surface area (Å²) in [5, 5.41) is 3.39. The molecular formula is C16H26N2O3. The van der Waals surface area contributed by atoms with Gasteiger partial charge in [0.05, 0.1) is 26.9 Å². The molecule has 21 heavy (non-hydrogen) atoms. The Balaban J connectivity index is 2.15. The lowest BCUT2D eigenvalue weighted by Crippen LogP contribution is -2.44. The first-order chi connectivity index (χ1) is 10.2. The molecule has 1 heterocycles. The van der Waals surface area contributed by atoms with E-state index in [1.807, 2.05) is 25.2 Å². The van der Waals surface area contributed by atoms with Gasteiger partial charge in [0, 0.05) is 31.2 Å². The zero-order valence-corrected chi connectivity index (χ0v) is 13.4. The number of likely N-dealkylation sites (N-methyl/N-ethyl adjacent to an activating group) is 1. The Morgan fingerprint density at radius 1 is 1.38 bits per heavy atom. The number of hydrogen-bond acceptors (Lipinski definition) is 5. The number of methoxy groups -OCH3 is 2. The maximum atomic E-state index is 5.60. The van der Waals surface area contributed by atoms with Crippen molar-refractivity contribution in [3.05, 3.63) is 23.8 Å². The topological polar surface area (TPSA) is 43.0 Å². The van der Waals surface area contributed by atoms with Gasteiger partial charge in [-0.2, -0.15) is 0 Å². The minimum absolute atomic E-state index is 0.195. The monoisotopic (exact) mass is 294 g/mol. The van der Waals surface area contributed by atoms with Gasteiger partial charge in [-0.15, -0.1) is 0 Å². The van der Waals surface area contributed by atoms with E-state index in [0.29, 0.717) is 6.10 Å². The Bertz CT molecular complexity index is 453. The van der Waals surface area contributed by atoms with Crippen LogP contribution in [0.1, 0.15) is 18.5 Å². The van der Waals surface area contributed by atoms with Gasteiger partial charge in [0.1, 0.15) is 11.5 Å². The van der Waals surface area contributed by atoms with Crippen molar-refractivity contribution in [1.82, 2.24) is 10.2 Å². The third-order valence-electron chi connectivity index (χ3n) is 3.93. The molecule has 1 aromatic carbocycles. The minimum Gasteiger partial charge on any atom is -0.497 e. The van der Waals surface area contributed by atoms with Crippen LogP contribution in [0.25, 0.3) is 0 Å². The molecule has 0 saturated carbocycles. The maximum Gasteiger partial charge on any atom is 0.123 e. The van der Waals surface area contributed by atoms with E-state index in [-0.39, 0.29) is 6.04 Å². The lowest BCUT2D eigenvalue weighted by atomic mass is 10.0. The fourth-order valence-electron chi connectivity index (χ4n) is 2.77. The predicted octanol–water partition coefficient (Wildman–Crippen LogP) is 1.68. The molecule has 1 N–H and O–H groups in total. The number of morpholine rings is 1. The van der Waals surface area contributed by atoms with Gasteiger partial charge in [-0.25, -0.2) is 0 Å². The molecule has 1 aliphatic rings. The van der Waals surface area contributed by atoms with E-state index in [0.717, 1.165) is 43.3 Å². The quantitative estimate of drug-likeness (QED) is 0.865. The molecule has 0 radical (unpaired) electrons. The molecule has 1 saturated heterocycles. The minimum atomic E-state index is 0.195. The highest BCUT2D eigenvalue weighted by Crippen LogP contribution is 2.30. The molecule has 2 rings (SSSR count). The summed E-state index contributed by atoms with van der Waals surface area (Å²) in [4.78, 5) is 2.42. The number of hydrogen-bond donors (Lipinski definition) is 1. The smallest absolute Gasteiger partial charge is 0.123 e. The fraction of sp³-hybridized carbons (Fsp3) is 0.625. The summed E-state index contributed by atoms with van der Waals surface area (Å²) in [6, 6.07) is 6.12. The molecule has 118 valence electrons. The molecular weight excluding hydrogens is 268 g/mol. The molecule has 2 unspecified atom stereocenters. The number of benzene rings is 1. The van der Waals surface area contributed by atoms with Crippen LogP contribution in [0.4, 0.5) is 0 Å². The lowest BCUT2D eigenvalue weighted by Gasteiger charge is -2.34. The average Bonchev–Trinajstić information content (AvgIpc) is 2.52.